The summed E-state index contributed by atoms with van der Waals surface area (Å²) in [7, 11) is 0. The monoisotopic (exact) mass is 315 g/mol. The molecule has 1 amide bonds. The first kappa shape index (κ1) is 13.0. The molecule has 0 heterocycles. The van der Waals surface area contributed by atoms with Crippen LogP contribution in [0.15, 0.2) is 22.7 Å². The molecule has 1 fully saturated rings. The van der Waals surface area contributed by atoms with Crippen LogP contribution in [0.3, 0.4) is 0 Å². The number of carbonyl (C=O) groups is 2. The molecule has 6 heteroatoms. The van der Waals surface area contributed by atoms with Crippen molar-refractivity contribution in [3.63, 3.8) is 0 Å². The van der Waals surface area contributed by atoms with Crippen molar-refractivity contribution < 1.29 is 19.1 Å². The van der Waals surface area contributed by atoms with E-state index in [2.05, 4.69) is 21.2 Å². The fourth-order valence-electron chi connectivity index (χ4n) is 1.75. The van der Waals surface area contributed by atoms with Crippen molar-refractivity contribution in [1.82, 2.24) is 5.32 Å². The van der Waals surface area contributed by atoms with Crippen molar-refractivity contribution in [1.29, 1.82) is 0 Å². The van der Waals surface area contributed by atoms with Crippen LogP contribution in [0.1, 0.15) is 12.0 Å². The van der Waals surface area contributed by atoms with Crippen LogP contribution >= 0.6 is 15.9 Å². The van der Waals surface area contributed by atoms with Gasteiger partial charge in [-0.3, -0.25) is 9.59 Å². The number of hydrogen-bond donors (Lipinski definition) is 2. The quantitative estimate of drug-likeness (QED) is 0.892. The Morgan fingerprint density at radius 2 is 2.17 bits per heavy atom. The van der Waals surface area contributed by atoms with Crippen molar-refractivity contribution in [2.45, 2.75) is 13.0 Å². The maximum absolute atomic E-state index is 13.4. The van der Waals surface area contributed by atoms with Gasteiger partial charge in [-0.25, -0.2) is 4.39 Å². The van der Waals surface area contributed by atoms with Gasteiger partial charge in [0.25, 0.3) is 0 Å². The number of carboxylic acid groups (broad SMARTS) is 1. The maximum atomic E-state index is 13.4. The smallest absolute Gasteiger partial charge is 0.307 e. The number of carbonyl (C=O) groups excluding carboxylic acids is 1. The van der Waals surface area contributed by atoms with Gasteiger partial charge in [-0.2, -0.15) is 0 Å². The highest BCUT2D eigenvalue weighted by atomic mass is 79.9. The molecule has 1 aliphatic rings. The summed E-state index contributed by atoms with van der Waals surface area (Å²) in [6.45, 7) is 0.0624. The summed E-state index contributed by atoms with van der Waals surface area (Å²) in [5.74, 6) is -2.75. The number of hydrogen-bond acceptors (Lipinski definition) is 2. The van der Waals surface area contributed by atoms with Crippen molar-refractivity contribution in [3.8, 4) is 0 Å². The summed E-state index contributed by atoms with van der Waals surface area (Å²) in [5, 5.41) is 11.2. The summed E-state index contributed by atoms with van der Waals surface area (Å²) < 4.78 is 14.1. The van der Waals surface area contributed by atoms with Gasteiger partial charge in [-0.15, -0.1) is 0 Å². The second-order valence-electron chi connectivity index (χ2n) is 4.24. The third-order valence-electron chi connectivity index (χ3n) is 2.91. The molecule has 2 N–H and O–H groups in total. The van der Waals surface area contributed by atoms with E-state index in [-0.39, 0.29) is 12.5 Å². The van der Waals surface area contributed by atoms with Gasteiger partial charge in [0.1, 0.15) is 5.82 Å². The van der Waals surface area contributed by atoms with Gasteiger partial charge >= 0.3 is 5.97 Å². The topological polar surface area (TPSA) is 66.4 Å². The molecule has 0 saturated heterocycles. The minimum Gasteiger partial charge on any atom is -0.481 e. The van der Waals surface area contributed by atoms with E-state index in [9.17, 15) is 14.0 Å². The third kappa shape index (κ3) is 2.87. The van der Waals surface area contributed by atoms with Crippen molar-refractivity contribution >= 4 is 27.8 Å². The van der Waals surface area contributed by atoms with E-state index < -0.39 is 23.6 Å². The largest absolute Gasteiger partial charge is 0.481 e. The van der Waals surface area contributed by atoms with Crippen LogP contribution < -0.4 is 5.32 Å². The molecule has 0 radical (unpaired) electrons. The zero-order valence-corrected chi connectivity index (χ0v) is 10.9. The molecular weight excluding hydrogens is 305 g/mol. The van der Waals surface area contributed by atoms with Gasteiger partial charge in [0, 0.05) is 16.6 Å². The number of amides is 1. The summed E-state index contributed by atoms with van der Waals surface area (Å²) >= 11 is 3.22. The molecule has 0 unspecified atom stereocenters. The molecule has 2 rings (SSSR count). The van der Waals surface area contributed by atoms with E-state index in [1.807, 2.05) is 0 Å². The lowest BCUT2D eigenvalue weighted by Gasteiger charge is -2.06. The molecule has 0 aliphatic heterocycles. The lowest BCUT2D eigenvalue weighted by Crippen LogP contribution is -2.26. The standard InChI is InChI=1S/C12H11BrFNO3/c13-7-1-2-10(14)6(3-7)5-15-11(16)8-4-9(8)12(17)18/h1-3,8-9H,4-5H2,(H,15,16)(H,17,18)/t8-,9+/m1/s1. The van der Waals surface area contributed by atoms with E-state index in [1.54, 1.807) is 12.1 Å². The molecule has 0 bridgehead atoms. The molecule has 18 heavy (non-hydrogen) atoms. The molecular formula is C12H11BrFNO3. The van der Waals surface area contributed by atoms with Crippen LogP contribution in [0.5, 0.6) is 0 Å². The van der Waals surface area contributed by atoms with Crippen LogP contribution in [-0.2, 0) is 16.1 Å². The summed E-state index contributed by atoms with van der Waals surface area (Å²) in [4.78, 5) is 22.2. The molecule has 0 aromatic heterocycles. The number of aliphatic carboxylic acids is 1. The predicted molar refractivity (Wildman–Crippen MR) is 65.2 cm³/mol. The van der Waals surface area contributed by atoms with E-state index in [0.29, 0.717) is 12.0 Å². The first-order valence-electron chi connectivity index (χ1n) is 5.43. The lowest BCUT2D eigenvalue weighted by atomic mass is 10.2. The number of halogens is 2. The Bertz CT molecular complexity index is 506. The zero-order valence-electron chi connectivity index (χ0n) is 9.32. The van der Waals surface area contributed by atoms with Crippen LogP contribution in [0, 0.1) is 17.7 Å². The molecule has 96 valence electrons. The van der Waals surface area contributed by atoms with Crippen molar-refractivity contribution in [3.05, 3.63) is 34.1 Å². The van der Waals surface area contributed by atoms with Crippen LogP contribution in [-0.4, -0.2) is 17.0 Å². The highest BCUT2D eigenvalue weighted by molar-refractivity contribution is 9.10. The second-order valence-corrected chi connectivity index (χ2v) is 5.16. The molecule has 0 spiro atoms. The number of benzene rings is 1. The first-order valence-corrected chi connectivity index (χ1v) is 6.23. The highest BCUT2D eigenvalue weighted by Crippen LogP contribution is 2.38. The van der Waals surface area contributed by atoms with E-state index in [0.717, 1.165) is 4.47 Å². The van der Waals surface area contributed by atoms with Gasteiger partial charge in [0.2, 0.25) is 5.91 Å². The van der Waals surface area contributed by atoms with Crippen molar-refractivity contribution in [2.24, 2.45) is 11.8 Å². The summed E-state index contributed by atoms with van der Waals surface area (Å²) in [6.07, 6.45) is 0.363. The number of carboxylic acids is 1. The number of nitrogens with one attached hydrogen (secondary N) is 1. The molecule has 1 aliphatic carbocycles. The Morgan fingerprint density at radius 1 is 1.44 bits per heavy atom. The second kappa shape index (κ2) is 5.06. The average Bonchev–Trinajstić information content (AvgIpc) is 3.10. The zero-order chi connectivity index (χ0) is 13.3. The van der Waals surface area contributed by atoms with Gasteiger partial charge in [-0.05, 0) is 24.6 Å². The third-order valence-corrected chi connectivity index (χ3v) is 3.40. The average molecular weight is 316 g/mol. The van der Waals surface area contributed by atoms with E-state index >= 15 is 0 Å². The summed E-state index contributed by atoms with van der Waals surface area (Å²) in [5.41, 5.74) is 0.366. The molecule has 1 aromatic rings. The van der Waals surface area contributed by atoms with E-state index in [4.69, 9.17) is 5.11 Å². The van der Waals surface area contributed by atoms with Crippen LogP contribution in [0.2, 0.25) is 0 Å². The molecule has 1 aromatic carbocycles. The minimum atomic E-state index is -0.955. The Kier molecular flexibility index (Phi) is 3.65. The van der Waals surface area contributed by atoms with Gasteiger partial charge < -0.3 is 10.4 Å². The SMILES string of the molecule is O=C(O)[C@H]1C[C@H]1C(=O)NCc1cc(Br)ccc1F. The lowest BCUT2D eigenvalue weighted by molar-refractivity contribution is -0.140. The fourth-order valence-corrected chi connectivity index (χ4v) is 2.16. The maximum Gasteiger partial charge on any atom is 0.307 e. The van der Waals surface area contributed by atoms with Gasteiger partial charge in [0.15, 0.2) is 0 Å². The predicted octanol–water partition coefficient (Wildman–Crippen LogP) is 1.93. The van der Waals surface area contributed by atoms with Crippen LogP contribution in [0.4, 0.5) is 4.39 Å². The summed E-state index contributed by atoms with van der Waals surface area (Å²) in [6, 6.07) is 4.46. The van der Waals surface area contributed by atoms with Gasteiger partial charge in [-0.1, -0.05) is 15.9 Å². The normalized spacial score (nSPS) is 21.4. The Labute approximate surface area is 111 Å². The Morgan fingerprint density at radius 3 is 2.78 bits per heavy atom. The fraction of sp³-hybridized carbons (Fsp3) is 0.333. The highest BCUT2D eigenvalue weighted by Gasteiger charge is 2.48. The molecule has 2 atom stereocenters. The molecule has 1 saturated carbocycles. The number of rotatable bonds is 4. The Hall–Kier alpha value is -1.43. The van der Waals surface area contributed by atoms with Crippen molar-refractivity contribution in [2.75, 3.05) is 0 Å². The first-order chi connectivity index (χ1) is 8.49. The minimum absolute atomic E-state index is 0.0624. The van der Waals surface area contributed by atoms with Crippen LogP contribution in [0.25, 0.3) is 0 Å². The molecule has 4 nitrogen and oxygen atoms in total. The van der Waals surface area contributed by atoms with Gasteiger partial charge in [0.05, 0.1) is 11.8 Å². The van der Waals surface area contributed by atoms with E-state index in [1.165, 1.54) is 6.07 Å². The Balaban J connectivity index is 1.90.